The molecule has 1 aromatic heterocycles. The number of carbonyl (C=O) groups is 1. The summed E-state index contributed by atoms with van der Waals surface area (Å²) in [6, 6.07) is 6.35. The highest BCUT2D eigenvalue weighted by Gasteiger charge is 2.20. The molecule has 0 unspecified atom stereocenters. The molecule has 0 fully saturated rings. The van der Waals surface area contributed by atoms with E-state index in [1.165, 1.54) is 11.1 Å². The molecule has 1 aromatic carbocycles. The van der Waals surface area contributed by atoms with Gasteiger partial charge in [0.1, 0.15) is 0 Å². The molecule has 6 nitrogen and oxygen atoms in total. The summed E-state index contributed by atoms with van der Waals surface area (Å²) in [6.45, 7) is 8.22. The zero-order valence-electron chi connectivity index (χ0n) is 18.8. The number of nitrogens with zero attached hydrogens (tertiary/aromatic N) is 3. The SMILES string of the molecule is C#C.CC.CNC.CNCCn1cc(-c2ccc3c(c2)CCCN3C(C)=O)cn1. The van der Waals surface area contributed by atoms with Crippen LogP contribution >= 0.6 is 0 Å². The van der Waals surface area contributed by atoms with Gasteiger partial charge in [-0.15, -0.1) is 12.8 Å². The first-order valence-electron chi connectivity index (χ1n) is 10.1. The first-order valence-corrected chi connectivity index (χ1v) is 10.1. The van der Waals surface area contributed by atoms with Crippen molar-refractivity contribution in [1.82, 2.24) is 20.4 Å². The summed E-state index contributed by atoms with van der Waals surface area (Å²) in [7, 11) is 5.69. The number of aromatic nitrogens is 2. The predicted molar refractivity (Wildman–Crippen MR) is 124 cm³/mol. The molecule has 0 aliphatic carbocycles. The van der Waals surface area contributed by atoms with Gasteiger partial charge in [0.2, 0.25) is 5.91 Å². The van der Waals surface area contributed by atoms with Gasteiger partial charge in [-0.3, -0.25) is 9.48 Å². The molecule has 1 aliphatic heterocycles. The Bertz CT molecular complexity index is 736. The van der Waals surface area contributed by atoms with Crippen molar-refractivity contribution in [3.63, 3.8) is 0 Å². The summed E-state index contributed by atoms with van der Waals surface area (Å²) in [5.74, 6) is 0.119. The molecule has 1 aliphatic rings. The molecular weight excluding hydrogens is 362 g/mol. The highest BCUT2D eigenvalue weighted by atomic mass is 16.2. The van der Waals surface area contributed by atoms with Crippen molar-refractivity contribution in [1.29, 1.82) is 0 Å². The highest BCUT2D eigenvalue weighted by molar-refractivity contribution is 5.93. The second-order valence-corrected chi connectivity index (χ2v) is 6.21. The van der Waals surface area contributed by atoms with E-state index < -0.39 is 0 Å². The fourth-order valence-electron chi connectivity index (χ4n) is 2.97. The quantitative estimate of drug-likeness (QED) is 0.775. The van der Waals surface area contributed by atoms with Gasteiger partial charge in [-0.05, 0) is 57.2 Å². The number of carbonyl (C=O) groups excluding carboxylic acids is 1. The van der Waals surface area contributed by atoms with E-state index in [1.807, 2.05) is 50.8 Å². The Morgan fingerprint density at radius 3 is 2.41 bits per heavy atom. The number of amides is 1. The topological polar surface area (TPSA) is 62.2 Å². The van der Waals surface area contributed by atoms with Crippen LogP contribution in [0.2, 0.25) is 0 Å². The van der Waals surface area contributed by atoms with Crippen molar-refractivity contribution in [3.05, 3.63) is 36.2 Å². The number of aryl methyl sites for hydroxylation is 1. The molecule has 0 spiro atoms. The average molecular weight is 400 g/mol. The Morgan fingerprint density at radius 1 is 1.17 bits per heavy atom. The third kappa shape index (κ3) is 8.10. The van der Waals surface area contributed by atoms with Gasteiger partial charge in [0, 0.05) is 37.5 Å². The Balaban J connectivity index is 0.00000100. The molecule has 1 amide bonds. The van der Waals surface area contributed by atoms with Crippen LogP contribution in [-0.2, 0) is 17.8 Å². The minimum Gasteiger partial charge on any atom is -0.323 e. The monoisotopic (exact) mass is 399 g/mol. The van der Waals surface area contributed by atoms with Crippen LogP contribution in [0.5, 0.6) is 0 Å². The van der Waals surface area contributed by atoms with E-state index >= 15 is 0 Å². The van der Waals surface area contributed by atoms with Crippen LogP contribution in [0.1, 0.15) is 32.8 Å². The first kappa shape index (κ1) is 26.4. The van der Waals surface area contributed by atoms with Gasteiger partial charge in [0.15, 0.2) is 0 Å². The van der Waals surface area contributed by atoms with Crippen LogP contribution in [0.4, 0.5) is 5.69 Å². The van der Waals surface area contributed by atoms with E-state index in [2.05, 4.69) is 53.0 Å². The van der Waals surface area contributed by atoms with E-state index in [-0.39, 0.29) is 5.91 Å². The van der Waals surface area contributed by atoms with Crippen LogP contribution in [-0.4, -0.2) is 49.9 Å². The second kappa shape index (κ2) is 15.3. The summed E-state index contributed by atoms with van der Waals surface area (Å²) in [6.07, 6.45) is 14.0. The maximum atomic E-state index is 11.7. The van der Waals surface area contributed by atoms with Crippen molar-refractivity contribution in [2.45, 2.75) is 40.2 Å². The minimum atomic E-state index is 0.119. The molecule has 2 heterocycles. The number of anilines is 1. The van der Waals surface area contributed by atoms with Crippen molar-refractivity contribution in [3.8, 4) is 24.0 Å². The van der Waals surface area contributed by atoms with Gasteiger partial charge in [0.05, 0.1) is 12.7 Å². The Morgan fingerprint density at radius 2 is 1.83 bits per heavy atom. The Labute approximate surface area is 176 Å². The standard InChI is InChI=1S/C17H22N4O.C2H7N.C2H6.C2H2/c1-13(22)21-8-3-4-15-10-14(5-6-17(15)21)16-11-19-20(12-16)9-7-18-2;1-3-2;2*1-2/h5-6,10-12,18H,3-4,7-9H2,1-2H3;3H,1-2H3;1-2H3;1-2H. The minimum absolute atomic E-state index is 0.119. The normalized spacial score (nSPS) is 11.5. The molecule has 3 rings (SSSR count). The molecule has 0 radical (unpaired) electrons. The third-order valence-corrected chi connectivity index (χ3v) is 4.14. The summed E-state index contributed by atoms with van der Waals surface area (Å²) in [5, 5.41) is 10.3. The molecule has 2 aromatic rings. The van der Waals surface area contributed by atoms with E-state index in [9.17, 15) is 4.79 Å². The summed E-state index contributed by atoms with van der Waals surface area (Å²) >= 11 is 0. The van der Waals surface area contributed by atoms with Gasteiger partial charge in [-0.2, -0.15) is 5.10 Å². The summed E-state index contributed by atoms with van der Waals surface area (Å²) in [5.41, 5.74) is 4.60. The largest absolute Gasteiger partial charge is 0.323 e. The lowest BCUT2D eigenvalue weighted by Gasteiger charge is -2.28. The van der Waals surface area contributed by atoms with Crippen molar-refractivity contribution < 1.29 is 4.79 Å². The smallest absolute Gasteiger partial charge is 0.223 e. The molecular formula is C23H37N5O. The first-order chi connectivity index (χ1) is 14.1. The zero-order chi connectivity index (χ0) is 22.2. The predicted octanol–water partition coefficient (Wildman–Crippen LogP) is 3.18. The molecule has 2 N–H and O–H groups in total. The van der Waals surface area contributed by atoms with Crippen LogP contribution in [0.15, 0.2) is 30.6 Å². The number of rotatable bonds is 4. The summed E-state index contributed by atoms with van der Waals surface area (Å²) < 4.78 is 1.95. The molecule has 6 heteroatoms. The molecule has 0 atom stereocenters. The van der Waals surface area contributed by atoms with Gasteiger partial charge >= 0.3 is 0 Å². The number of hydrogen-bond donors (Lipinski definition) is 2. The average Bonchev–Trinajstić information content (AvgIpc) is 3.24. The van der Waals surface area contributed by atoms with Crippen LogP contribution in [0, 0.1) is 12.8 Å². The van der Waals surface area contributed by atoms with Crippen LogP contribution < -0.4 is 15.5 Å². The number of fused-ring (bicyclic) bond motifs is 1. The number of benzene rings is 1. The van der Waals surface area contributed by atoms with Crippen LogP contribution in [0.3, 0.4) is 0 Å². The van der Waals surface area contributed by atoms with Crippen molar-refractivity contribution in [2.75, 3.05) is 39.1 Å². The summed E-state index contributed by atoms with van der Waals surface area (Å²) in [4.78, 5) is 13.6. The number of terminal acetylenes is 1. The van der Waals surface area contributed by atoms with Crippen molar-refractivity contribution >= 4 is 11.6 Å². The molecule has 29 heavy (non-hydrogen) atoms. The third-order valence-electron chi connectivity index (χ3n) is 4.14. The molecule has 0 saturated heterocycles. The van der Waals surface area contributed by atoms with E-state index in [0.717, 1.165) is 43.7 Å². The maximum Gasteiger partial charge on any atom is 0.223 e. The van der Waals surface area contributed by atoms with E-state index in [0.29, 0.717) is 0 Å². The lowest BCUT2D eigenvalue weighted by atomic mass is 9.97. The fourth-order valence-corrected chi connectivity index (χ4v) is 2.97. The number of likely N-dealkylation sites (N-methyl/N-ethyl adjacent to an activating group) is 1. The van der Waals surface area contributed by atoms with Crippen LogP contribution in [0.25, 0.3) is 11.1 Å². The lowest BCUT2D eigenvalue weighted by molar-refractivity contribution is -0.116. The maximum absolute atomic E-state index is 11.7. The highest BCUT2D eigenvalue weighted by Crippen LogP contribution is 2.31. The van der Waals surface area contributed by atoms with Crippen molar-refractivity contribution in [2.24, 2.45) is 0 Å². The Kier molecular flexibility index (Phi) is 13.9. The number of hydrogen-bond acceptors (Lipinski definition) is 4. The van der Waals surface area contributed by atoms with Gasteiger partial charge in [0.25, 0.3) is 0 Å². The second-order valence-electron chi connectivity index (χ2n) is 6.21. The molecule has 0 saturated carbocycles. The molecule has 160 valence electrons. The van der Waals surface area contributed by atoms with Gasteiger partial charge < -0.3 is 15.5 Å². The Hall–Kier alpha value is -2.62. The van der Waals surface area contributed by atoms with E-state index in [1.54, 1.807) is 6.92 Å². The molecule has 0 bridgehead atoms. The lowest BCUT2D eigenvalue weighted by Crippen LogP contribution is -2.33. The van der Waals surface area contributed by atoms with Gasteiger partial charge in [-0.1, -0.05) is 19.9 Å². The zero-order valence-corrected chi connectivity index (χ0v) is 18.8. The van der Waals surface area contributed by atoms with E-state index in [4.69, 9.17) is 0 Å². The number of nitrogens with one attached hydrogen (secondary N) is 2. The van der Waals surface area contributed by atoms with Gasteiger partial charge in [-0.25, -0.2) is 0 Å². The fraction of sp³-hybridized carbons (Fsp3) is 0.478.